The molecule has 1 N–H and O–H groups in total. The number of hydrogen-bond donors (Lipinski definition) is 1. The Kier molecular flexibility index (Phi) is 2.03. The summed E-state index contributed by atoms with van der Waals surface area (Å²) in [4.78, 5) is 3.21. The van der Waals surface area contributed by atoms with Gasteiger partial charge in [0.15, 0.2) is 0 Å². The molecule has 1 heterocycles. The van der Waals surface area contributed by atoms with Crippen molar-refractivity contribution in [3.8, 4) is 11.3 Å². The molecule has 12 heavy (non-hydrogen) atoms. The molecule has 0 atom stereocenters. The summed E-state index contributed by atoms with van der Waals surface area (Å²) in [7, 11) is 0. The van der Waals surface area contributed by atoms with E-state index in [-0.39, 0.29) is 0 Å². The quantitative estimate of drug-likeness (QED) is 0.698. The van der Waals surface area contributed by atoms with Gasteiger partial charge in [-0.1, -0.05) is 0 Å². The van der Waals surface area contributed by atoms with Crippen molar-refractivity contribution >= 4 is 20.5 Å². The normalized spacial score (nSPS) is 10.1. The number of hydrogen-bond acceptors (Lipinski definition) is 0. The maximum atomic E-state index is 3.21. The molecule has 2 heteroatoms. The van der Waals surface area contributed by atoms with Crippen LogP contribution in [0.2, 0.25) is 0 Å². The monoisotopic (exact) mass is 223 g/mol. The first-order valence-corrected chi connectivity index (χ1v) is 4.73. The summed E-state index contributed by atoms with van der Waals surface area (Å²) < 4.78 is 1.23. The van der Waals surface area contributed by atoms with Gasteiger partial charge in [-0.25, -0.2) is 0 Å². The molecule has 2 rings (SSSR count). The van der Waals surface area contributed by atoms with Gasteiger partial charge in [-0.2, -0.15) is 0 Å². The standard InChI is InChI=1S/C10H9NSe/c12-9-6-7-11-10(9)8-4-2-1-3-5-8/h1-7,11-12H. The van der Waals surface area contributed by atoms with Gasteiger partial charge >= 0.3 is 79.3 Å². The van der Waals surface area contributed by atoms with Crippen molar-refractivity contribution in [2.75, 3.05) is 0 Å². The molecule has 1 aromatic carbocycles. The Morgan fingerprint density at radius 3 is 2.33 bits per heavy atom. The van der Waals surface area contributed by atoms with E-state index in [1.807, 2.05) is 24.4 Å². The van der Waals surface area contributed by atoms with E-state index in [0.717, 1.165) is 0 Å². The summed E-state index contributed by atoms with van der Waals surface area (Å²) in [5.74, 6) is 0. The van der Waals surface area contributed by atoms with Gasteiger partial charge in [0.25, 0.3) is 0 Å². The minimum atomic E-state index is 1.19. The molecule has 1 aromatic heterocycles. The van der Waals surface area contributed by atoms with Crippen LogP contribution in [0.5, 0.6) is 0 Å². The van der Waals surface area contributed by atoms with Gasteiger partial charge < -0.3 is 0 Å². The summed E-state index contributed by atoms with van der Waals surface area (Å²) in [6.45, 7) is 0. The van der Waals surface area contributed by atoms with Crippen LogP contribution in [-0.4, -0.2) is 21.0 Å². The van der Waals surface area contributed by atoms with Crippen LogP contribution >= 0.6 is 0 Å². The molecule has 0 fully saturated rings. The summed E-state index contributed by atoms with van der Waals surface area (Å²) in [6, 6.07) is 12.4. The van der Waals surface area contributed by atoms with Crippen LogP contribution in [0.25, 0.3) is 11.3 Å². The van der Waals surface area contributed by atoms with E-state index in [1.54, 1.807) is 0 Å². The summed E-state index contributed by atoms with van der Waals surface area (Å²) in [6.07, 6.45) is 1.95. The van der Waals surface area contributed by atoms with Crippen molar-refractivity contribution in [3.05, 3.63) is 42.6 Å². The first kappa shape index (κ1) is 7.66. The average Bonchev–Trinajstić information content (AvgIpc) is 2.53. The third-order valence-electron chi connectivity index (χ3n) is 1.79. The molecule has 0 spiro atoms. The zero-order valence-corrected chi connectivity index (χ0v) is 8.37. The number of nitrogens with one attached hydrogen (secondary N) is 1. The zero-order valence-electron chi connectivity index (χ0n) is 6.49. The van der Waals surface area contributed by atoms with Crippen molar-refractivity contribution in [2.45, 2.75) is 0 Å². The summed E-state index contributed by atoms with van der Waals surface area (Å²) in [5, 5.41) is 0. The minimum absolute atomic E-state index is 1.19. The number of rotatable bonds is 1. The average molecular weight is 222 g/mol. The Morgan fingerprint density at radius 1 is 1.00 bits per heavy atom. The predicted molar refractivity (Wildman–Crippen MR) is 53.0 cm³/mol. The Labute approximate surface area is 79.6 Å². The first-order chi connectivity index (χ1) is 5.88. The van der Waals surface area contributed by atoms with Gasteiger partial charge in [-0.05, 0) is 0 Å². The van der Waals surface area contributed by atoms with Gasteiger partial charge in [0.2, 0.25) is 0 Å². The van der Waals surface area contributed by atoms with Crippen LogP contribution in [0, 0.1) is 0 Å². The van der Waals surface area contributed by atoms with E-state index >= 15 is 0 Å². The molecule has 0 amide bonds. The van der Waals surface area contributed by atoms with E-state index in [1.165, 1.54) is 15.7 Å². The maximum absolute atomic E-state index is 3.21. The van der Waals surface area contributed by atoms with Crippen LogP contribution in [0.1, 0.15) is 0 Å². The van der Waals surface area contributed by atoms with Crippen LogP contribution in [0.4, 0.5) is 0 Å². The van der Waals surface area contributed by atoms with Crippen molar-refractivity contribution in [1.29, 1.82) is 0 Å². The van der Waals surface area contributed by atoms with Gasteiger partial charge in [0, 0.05) is 0 Å². The van der Waals surface area contributed by atoms with Crippen LogP contribution < -0.4 is 4.46 Å². The second kappa shape index (κ2) is 3.18. The van der Waals surface area contributed by atoms with Gasteiger partial charge in [-0.3, -0.25) is 0 Å². The van der Waals surface area contributed by atoms with Gasteiger partial charge in [0.05, 0.1) is 0 Å². The van der Waals surface area contributed by atoms with Crippen molar-refractivity contribution < 1.29 is 0 Å². The van der Waals surface area contributed by atoms with E-state index in [0.29, 0.717) is 0 Å². The molecule has 2 aromatic rings. The number of aromatic amines is 1. The molecule has 0 unspecified atom stereocenters. The second-order valence-corrected chi connectivity index (χ2v) is 3.61. The van der Waals surface area contributed by atoms with E-state index in [2.05, 4.69) is 39.2 Å². The molecule has 0 aliphatic heterocycles. The zero-order chi connectivity index (χ0) is 8.39. The Balaban J connectivity index is 2.51. The molecule has 0 radical (unpaired) electrons. The fourth-order valence-electron chi connectivity index (χ4n) is 1.20. The first-order valence-electron chi connectivity index (χ1n) is 3.79. The molecule has 0 aliphatic rings. The SMILES string of the molecule is [SeH]c1cc[nH]c1-c1ccccc1. The second-order valence-electron chi connectivity index (χ2n) is 2.60. The molecule has 0 saturated carbocycles. The topological polar surface area (TPSA) is 15.8 Å². The van der Waals surface area contributed by atoms with Crippen molar-refractivity contribution in [2.24, 2.45) is 0 Å². The van der Waals surface area contributed by atoms with Crippen molar-refractivity contribution in [1.82, 2.24) is 4.98 Å². The van der Waals surface area contributed by atoms with E-state index < -0.39 is 0 Å². The predicted octanol–water partition coefficient (Wildman–Crippen LogP) is 1.21. The fourth-order valence-corrected chi connectivity index (χ4v) is 1.76. The third kappa shape index (κ3) is 1.31. The molecular formula is C10H9NSe. The van der Waals surface area contributed by atoms with Crippen molar-refractivity contribution in [3.63, 3.8) is 0 Å². The number of aromatic nitrogens is 1. The van der Waals surface area contributed by atoms with E-state index in [4.69, 9.17) is 0 Å². The summed E-state index contributed by atoms with van der Waals surface area (Å²) in [5.41, 5.74) is 2.42. The fraction of sp³-hybridized carbons (Fsp3) is 0. The third-order valence-corrected chi connectivity index (χ3v) is 2.57. The molecule has 0 bridgehead atoms. The number of H-pyrrole nitrogens is 1. The Hall–Kier alpha value is -0.981. The molecule has 0 aliphatic carbocycles. The van der Waals surface area contributed by atoms with Crippen LogP contribution in [0.3, 0.4) is 0 Å². The molecule has 0 saturated heterocycles. The molecular weight excluding hydrogens is 213 g/mol. The molecule has 1 nitrogen and oxygen atoms in total. The summed E-state index contributed by atoms with van der Waals surface area (Å²) >= 11 is 2.56. The molecule has 60 valence electrons. The van der Waals surface area contributed by atoms with Crippen LogP contribution in [0.15, 0.2) is 42.6 Å². The van der Waals surface area contributed by atoms with Crippen LogP contribution in [-0.2, 0) is 0 Å². The van der Waals surface area contributed by atoms with Gasteiger partial charge in [0.1, 0.15) is 0 Å². The number of benzene rings is 1. The van der Waals surface area contributed by atoms with Gasteiger partial charge in [-0.15, -0.1) is 0 Å². The Morgan fingerprint density at radius 2 is 1.75 bits per heavy atom. The van der Waals surface area contributed by atoms with E-state index in [9.17, 15) is 0 Å². The Bertz CT molecular complexity index is 364.